The Morgan fingerprint density at radius 1 is 1.16 bits per heavy atom. The molecule has 1 aromatic carbocycles. The molecule has 100 valence electrons. The third-order valence-corrected chi connectivity index (χ3v) is 3.16. The van der Waals surface area contributed by atoms with E-state index in [9.17, 15) is 8.78 Å². The van der Waals surface area contributed by atoms with Crippen LogP contribution in [0.25, 0.3) is 0 Å². The number of aromatic nitrogens is 2. The van der Waals surface area contributed by atoms with Crippen molar-refractivity contribution in [2.45, 2.75) is 5.16 Å². The highest BCUT2D eigenvalue weighted by molar-refractivity contribution is 7.98. The lowest BCUT2D eigenvalue weighted by atomic mass is 10.3. The van der Waals surface area contributed by atoms with Gasteiger partial charge in [-0.25, -0.2) is 18.7 Å². The molecule has 2 aromatic rings. The van der Waals surface area contributed by atoms with Gasteiger partial charge in [-0.2, -0.15) is 0 Å². The Hall–Kier alpha value is -1.11. The highest BCUT2D eigenvalue weighted by Gasteiger charge is 2.12. The highest BCUT2D eigenvalue weighted by Crippen LogP contribution is 2.29. The predicted octanol–water partition coefficient (Wildman–Crippen LogP) is 4.53. The first-order valence-corrected chi connectivity index (χ1v) is 6.98. The van der Waals surface area contributed by atoms with Crippen LogP contribution in [0.1, 0.15) is 0 Å². The van der Waals surface area contributed by atoms with E-state index in [-0.39, 0.29) is 21.7 Å². The van der Waals surface area contributed by atoms with Gasteiger partial charge < -0.3 is 5.32 Å². The molecule has 2 rings (SSSR count). The number of nitrogens with one attached hydrogen (secondary N) is 1. The maximum atomic E-state index is 13.6. The van der Waals surface area contributed by atoms with Gasteiger partial charge in [-0.15, -0.1) is 0 Å². The van der Waals surface area contributed by atoms with Crippen molar-refractivity contribution in [2.75, 3.05) is 11.6 Å². The van der Waals surface area contributed by atoms with Crippen molar-refractivity contribution in [1.82, 2.24) is 9.97 Å². The van der Waals surface area contributed by atoms with Crippen LogP contribution in [0.5, 0.6) is 0 Å². The minimum atomic E-state index is -0.814. The van der Waals surface area contributed by atoms with Gasteiger partial charge in [0.15, 0.2) is 11.0 Å². The second kappa shape index (κ2) is 5.90. The first-order valence-electron chi connectivity index (χ1n) is 4.99. The third kappa shape index (κ3) is 3.46. The number of nitrogens with zero attached hydrogens (tertiary/aromatic N) is 2. The van der Waals surface area contributed by atoms with Crippen molar-refractivity contribution in [3.05, 3.63) is 40.0 Å². The van der Waals surface area contributed by atoms with E-state index in [1.807, 2.05) is 0 Å². The number of hydrogen-bond acceptors (Lipinski definition) is 4. The van der Waals surface area contributed by atoms with Crippen molar-refractivity contribution in [1.29, 1.82) is 0 Å². The van der Waals surface area contributed by atoms with Crippen LogP contribution >= 0.6 is 35.0 Å². The van der Waals surface area contributed by atoms with Gasteiger partial charge in [-0.3, -0.25) is 0 Å². The van der Waals surface area contributed by atoms with Gasteiger partial charge in [0.05, 0.1) is 10.7 Å². The number of anilines is 2. The fourth-order valence-corrected chi connectivity index (χ4v) is 2.20. The fraction of sp³-hybridized carbons (Fsp3) is 0.0909. The number of rotatable bonds is 3. The molecule has 0 saturated heterocycles. The summed E-state index contributed by atoms with van der Waals surface area (Å²) in [6.45, 7) is 0. The largest absolute Gasteiger partial charge is 0.336 e. The Kier molecular flexibility index (Phi) is 4.44. The van der Waals surface area contributed by atoms with E-state index in [0.717, 1.165) is 12.1 Å². The summed E-state index contributed by atoms with van der Waals surface area (Å²) < 4.78 is 26.5. The van der Waals surface area contributed by atoms with Gasteiger partial charge in [-0.1, -0.05) is 35.0 Å². The van der Waals surface area contributed by atoms with Gasteiger partial charge in [0.25, 0.3) is 0 Å². The normalized spacial score (nSPS) is 10.6. The molecule has 0 spiro atoms. The lowest BCUT2D eigenvalue weighted by molar-refractivity contribution is 0.586. The predicted molar refractivity (Wildman–Crippen MR) is 73.5 cm³/mol. The molecule has 0 amide bonds. The molecule has 0 fully saturated rings. The Bertz CT molecular complexity index is 602. The molecular formula is C11H7Cl2F2N3S. The van der Waals surface area contributed by atoms with Crippen molar-refractivity contribution >= 4 is 46.5 Å². The number of thioether (sulfide) groups is 1. The molecule has 0 unspecified atom stereocenters. The van der Waals surface area contributed by atoms with E-state index in [1.165, 1.54) is 17.8 Å². The average Bonchev–Trinajstić information content (AvgIpc) is 2.33. The van der Waals surface area contributed by atoms with Crippen molar-refractivity contribution in [3.63, 3.8) is 0 Å². The van der Waals surface area contributed by atoms with E-state index in [1.54, 1.807) is 6.26 Å². The van der Waals surface area contributed by atoms with E-state index in [4.69, 9.17) is 23.2 Å². The molecule has 1 heterocycles. The topological polar surface area (TPSA) is 37.8 Å². The molecule has 0 aliphatic carbocycles. The number of benzene rings is 1. The molecule has 1 aromatic heterocycles. The summed E-state index contributed by atoms with van der Waals surface area (Å²) in [5, 5.41) is 3.21. The minimum Gasteiger partial charge on any atom is -0.336 e. The van der Waals surface area contributed by atoms with Crippen LogP contribution in [-0.2, 0) is 0 Å². The lowest BCUT2D eigenvalue weighted by Crippen LogP contribution is -2.00. The second-order valence-electron chi connectivity index (χ2n) is 3.43. The van der Waals surface area contributed by atoms with Gasteiger partial charge in [0, 0.05) is 12.1 Å². The molecule has 19 heavy (non-hydrogen) atoms. The Morgan fingerprint density at radius 2 is 1.89 bits per heavy atom. The average molecular weight is 322 g/mol. The maximum Gasteiger partial charge on any atom is 0.190 e. The van der Waals surface area contributed by atoms with Gasteiger partial charge >= 0.3 is 0 Å². The SMILES string of the molecule is CSc1nc(Cl)cc(Nc2c(F)cc(F)cc2Cl)n1. The Balaban J connectivity index is 2.39. The molecular weight excluding hydrogens is 315 g/mol. The zero-order valence-electron chi connectivity index (χ0n) is 9.55. The van der Waals surface area contributed by atoms with E-state index in [0.29, 0.717) is 5.16 Å². The molecule has 0 bridgehead atoms. The maximum absolute atomic E-state index is 13.6. The van der Waals surface area contributed by atoms with Gasteiger partial charge in [-0.05, 0) is 12.3 Å². The smallest absolute Gasteiger partial charge is 0.190 e. The lowest BCUT2D eigenvalue weighted by Gasteiger charge is -2.10. The van der Waals surface area contributed by atoms with Crippen LogP contribution in [0.3, 0.4) is 0 Å². The van der Waals surface area contributed by atoms with Crippen LogP contribution in [0.4, 0.5) is 20.3 Å². The van der Waals surface area contributed by atoms with Crippen LogP contribution in [0.15, 0.2) is 23.4 Å². The van der Waals surface area contributed by atoms with Crippen LogP contribution in [0.2, 0.25) is 10.2 Å². The monoisotopic (exact) mass is 321 g/mol. The summed E-state index contributed by atoms with van der Waals surface area (Å²) >= 11 is 12.9. The molecule has 0 saturated carbocycles. The summed E-state index contributed by atoms with van der Waals surface area (Å²) in [5.41, 5.74) is -0.0649. The molecule has 8 heteroatoms. The quantitative estimate of drug-likeness (QED) is 0.512. The first kappa shape index (κ1) is 14.3. The van der Waals surface area contributed by atoms with Crippen molar-refractivity contribution in [3.8, 4) is 0 Å². The molecule has 1 N–H and O–H groups in total. The zero-order chi connectivity index (χ0) is 14.0. The van der Waals surface area contributed by atoms with Gasteiger partial charge in [0.1, 0.15) is 16.8 Å². The molecule has 0 aliphatic heterocycles. The van der Waals surface area contributed by atoms with Crippen LogP contribution in [-0.4, -0.2) is 16.2 Å². The zero-order valence-corrected chi connectivity index (χ0v) is 11.9. The summed E-state index contributed by atoms with van der Waals surface area (Å²) in [6.07, 6.45) is 1.78. The van der Waals surface area contributed by atoms with Crippen molar-refractivity contribution < 1.29 is 8.78 Å². The Labute approximate surface area is 122 Å². The fourth-order valence-electron chi connectivity index (χ4n) is 1.34. The third-order valence-electron chi connectivity index (χ3n) is 2.12. The number of halogens is 4. The van der Waals surface area contributed by atoms with E-state index in [2.05, 4.69) is 15.3 Å². The van der Waals surface area contributed by atoms with E-state index < -0.39 is 11.6 Å². The Morgan fingerprint density at radius 3 is 2.53 bits per heavy atom. The minimum absolute atomic E-state index is 0.0649. The second-order valence-corrected chi connectivity index (χ2v) is 5.00. The summed E-state index contributed by atoms with van der Waals surface area (Å²) in [6, 6.07) is 3.15. The number of hydrogen-bond donors (Lipinski definition) is 1. The van der Waals surface area contributed by atoms with Crippen LogP contribution in [0, 0.1) is 11.6 Å². The standard InChI is InChI=1S/C11H7Cl2F2N3S/c1-19-11-16-8(13)4-9(18-11)17-10-6(12)2-5(14)3-7(10)15/h2-4H,1H3,(H,16,17,18). The van der Waals surface area contributed by atoms with Gasteiger partial charge in [0.2, 0.25) is 0 Å². The van der Waals surface area contributed by atoms with Crippen LogP contribution < -0.4 is 5.32 Å². The summed E-state index contributed by atoms with van der Waals surface area (Å²) in [4.78, 5) is 8.03. The molecule has 0 radical (unpaired) electrons. The molecule has 3 nitrogen and oxygen atoms in total. The highest BCUT2D eigenvalue weighted by atomic mass is 35.5. The van der Waals surface area contributed by atoms with Crippen molar-refractivity contribution in [2.24, 2.45) is 0 Å². The van der Waals surface area contributed by atoms with E-state index >= 15 is 0 Å². The molecule has 0 atom stereocenters. The summed E-state index contributed by atoms with van der Waals surface area (Å²) in [7, 11) is 0. The molecule has 0 aliphatic rings. The summed E-state index contributed by atoms with van der Waals surface area (Å²) in [5.74, 6) is -1.29. The first-order chi connectivity index (χ1) is 8.99.